The van der Waals surface area contributed by atoms with Crippen molar-refractivity contribution in [2.45, 2.75) is 60.1 Å². The van der Waals surface area contributed by atoms with Gasteiger partial charge in [-0.2, -0.15) is 5.10 Å². The third kappa shape index (κ3) is 4.34. The molecular formula is C15H27N3O2. The van der Waals surface area contributed by atoms with E-state index in [4.69, 9.17) is 4.74 Å². The van der Waals surface area contributed by atoms with E-state index in [2.05, 4.69) is 24.3 Å². The largest absolute Gasteiger partial charge is 0.369 e. The van der Waals surface area contributed by atoms with Crippen molar-refractivity contribution < 1.29 is 9.53 Å². The summed E-state index contributed by atoms with van der Waals surface area (Å²) in [6.07, 6.45) is 1.52. The van der Waals surface area contributed by atoms with E-state index >= 15 is 0 Å². The Balaban J connectivity index is 2.43. The number of nitrogens with zero attached hydrogens (tertiary/aromatic N) is 2. The van der Waals surface area contributed by atoms with E-state index in [0.717, 1.165) is 18.5 Å². The number of carbonyl (C=O) groups excluding carboxylic acids is 1. The quantitative estimate of drug-likeness (QED) is 0.793. The lowest BCUT2D eigenvalue weighted by Crippen LogP contribution is -2.36. The van der Waals surface area contributed by atoms with Crippen molar-refractivity contribution in [1.29, 1.82) is 0 Å². The van der Waals surface area contributed by atoms with Crippen molar-refractivity contribution >= 4 is 5.91 Å². The van der Waals surface area contributed by atoms with E-state index in [1.54, 1.807) is 6.92 Å². The highest BCUT2D eigenvalue weighted by atomic mass is 16.5. The van der Waals surface area contributed by atoms with Crippen LogP contribution in [0.15, 0.2) is 0 Å². The summed E-state index contributed by atoms with van der Waals surface area (Å²) >= 11 is 0. The van der Waals surface area contributed by atoms with Crippen LogP contribution in [0.1, 0.15) is 44.1 Å². The second-order valence-corrected chi connectivity index (χ2v) is 5.03. The molecule has 0 saturated carbocycles. The van der Waals surface area contributed by atoms with Gasteiger partial charge < -0.3 is 10.1 Å². The van der Waals surface area contributed by atoms with Gasteiger partial charge >= 0.3 is 0 Å². The van der Waals surface area contributed by atoms with Gasteiger partial charge in [0.2, 0.25) is 5.91 Å². The van der Waals surface area contributed by atoms with Gasteiger partial charge in [0, 0.05) is 18.8 Å². The van der Waals surface area contributed by atoms with Crippen LogP contribution in [-0.2, 0) is 22.5 Å². The maximum absolute atomic E-state index is 11.8. The maximum atomic E-state index is 11.8. The molecule has 0 aliphatic carbocycles. The first-order chi connectivity index (χ1) is 9.51. The summed E-state index contributed by atoms with van der Waals surface area (Å²) in [5, 5.41) is 7.40. The summed E-state index contributed by atoms with van der Waals surface area (Å²) in [4.78, 5) is 11.8. The summed E-state index contributed by atoms with van der Waals surface area (Å²) in [5.74, 6) is -0.0595. The lowest BCUT2D eigenvalue weighted by molar-refractivity contribution is -0.131. The van der Waals surface area contributed by atoms with E-state index in [-0.39, 0.29) is 12.0 Å². The molecule has 1 aromatic rings. The fourth-order valence-corrected chi connectivity index (χ4v) is 2.26. The van der Waals surface area contributed by atoms with Crippen LogP contribution in [0.4, 0.5) is 0 Å². The van der Waals surface area contributed by atoms with Crippen LogP contribution >= 0.6 is 0 Å². The van der Waals surface area contributed by atoms with Gasteiger partial charge in [-0.3, -0.25) is 9.48 Å². The molecule has 5 heteroatoms. The van der Waals surface area contributed by atoms with E-state index in [9.17, 15) is 4.79 Å². The predicted octanol–water partition coefficient (Wildman–Crippen LogP) is 1.99. The smallest absolute Gasteiger partial charge is 0.248 e. The van der Waals surface area contributed by atoms with Crippen LogP contribution < -0.4 is 5.32 Å². The van der Waals surface area contributed by atoms with Crippen molar-refractivity contribution in [1.82, 2.24) is 15.1 Å². The molecule has 20 heavy (non-hydrogen) atoms. The first-order valence-corrected chi connectivity index (χ1v) is 7.43. The predicted molar refractivity (Wildman–Crippen MR) is 79.8 cm³/mol. The number of amides is 1. The zero-order valence-electron chi connectivity index (χ0n) is 13.3. The molecule has 1 rings (SSSR count). The Kier molecular flexibility index (Phi) is 6.71. The number of hydrogen-bond acceptors (Lipinski definition) is 3. The van der Waals surface area contributed by atoms with E-state index in [1.807, 2.05) is 18.5 Å². The van der Waals surface area contributed by atoms with Gasteiger partial charge in [0.05, 0.1) is 12.2 Å². The highest BCUT2D eigenvalue weighted by Gasteiger charge is 2.13. The normalized spacial score (nSPS) is 12.4. The molecule has 5 nitrogen and oxygen atoms in total. The number of nitrogens with one attached hydrogen (secondary N) is 1. The Hall–Kier alpha value is -1.36. The molecule has 114 valence electrons. The maximum Gasteiger partial charge on any atom is 0.248 e. The molecule has 0 aliphatic rings. The van der Waals surface area contributed by atoms with Gasteiger partial charge in [0.25, 0.3) is 0 Å². The summed E-state index contributed by atoms with van der Waals surface area (Å²) < 4.78 is 7.35. The Morgan fingerprint density at radius 2 is 2.10 bits per heavy atom. The summed E-state index contributed by atoms with van der Waals surface area (Å²) in [6, 6.07) is 0. The fourth-order valence-electron chi connectivity index (χ4n) is 2.26. The Morgan fingerprint density at radius 3 is 2.65 bits per heavy atom. The molecule has 0 spiro atoms. The van der Waals surface area contributed by atoms with Gasteiger partial charge in [-0.15, -0.1) is 0 Å². The van der Waals surface area contributed by atoms with Gasteiger partial charge in [-0.05, 0) is 39.2 Å². The van der Waals surface area contributed by atoms with Gasteiger partial charge in [-0.25, -0.2) is 0 Å². The fraction of sp³-hybridized carbons (Fsp3) is 0.733. The minimum absolute atomic E-state index is 0.0595. The number of rotatable bonds is 8. The van der Waals surface area contributed by atoms with Gasteiger partial charge in [0.1, 0.15) is 6.10 Å². The lowest BCUT2D eigenvalue weighted by Gasteiger charge is -2.13. The molecule has 0 bridgehead atoms. The molecule has 0 fully saturated rings. The molecule has 1 unspecified atom stereocenters. The van der Waals surface area contributed by atoms with E-state index < -0.39 is 0 Å². The molecular weight excluding hydrogens is 254 g/mol. The summed E-state index contributed by atoms with van der Waals surface area (Å²) in [6.45, 7) is 11.9. The Morgan fingerprint density at radius 1 is 1.40 bits per heavy atom. The Labute approximate surface area is 121 Å². The van der Waals surface area contributed by atoms with Crippen LogP contribution in [-0.4, -0.2) is 34.9 Å². The standard InChI is InChI=1S/C15H27N3O2/c1-6-10-20-13(5)15(19)16-8-9-18-12(4)14(7-2)11(3)17-18/h13H,6-10H2,1-5H3,(H,16,19). The topological polar surface area (TPSA) is 56.1 Å². The van der Waals surface area contributed by atoms with Crippen LogP contribution in [0.5, 0.6) is 0 Å². The third-order valence-electron chi connectivity index (χ3n) is 3.45. The molecule has 1 aromatic heterocycles. The van der Waals surface area contributed by atoms with Crippen molar-refractivity contribution in [3.8, 4) is 0 Å². The second-order valence-electron chi connectivity index (χ2n) is 5.03. The lowest BCUT2D eigenvalue weighted by atomic mass is 10.1. The first-order valence-electron chi connectivity index (χ1n) is 7.43. The van der Waals surface area contributed by atoms with E-state index in [1.165, 1.54) is 11.3 Å². The van der Waals surface area contributed by atoms with Crippen LogP contribution in [0, 0.1) is 13.8 Å². The molecule has 1 amide bonds. The zero-order valence-corrected chi connectivity index (χ0v) is 13.3. The van der Waals surface area contributed by atoms with Gasteiger partial charge in [0.15, 0.2) is 0 Å². The SMILES string of the molecule is CCCOC(C)C(=O)NCCn1nc(C)c(CC)c1C. The number of ether oxygens (including phenoxy) is 1. The molecule has 1 N–H and O–H groups in total. The van der Waals surface area contributed by atoms with Crippen LogP contribution in [0.3, 0.4) is 0 Å². The summed E-state index contributed by atoms with van der Waals surface area (Å²) in [5.41, 5.74) is 3.57. The number of hydrogen-bond donors (Lipinski definition) is 1. The molecule has 0 radical (unpaired) electrons. The average molecular weight is 281 g/mol. The van der Waals surface area contributed by atoms with Crippen molar-refractivity contribution in [3.63, 3.8) is 0 Å². The van der Waals surface area contributed by atoms with E-state index in [0.29, 0.717) is 19.7 Å². The molecule has 1 atom stereocenters. The Bertz CT molecular complexity index is 441. The molecule has 0 aliphatic heterocycles. The number of aromatic nitrogens is 2. The highest BCUT2D eigenvalue weighted by Crippen LogP contribution is 2.12. The number of carbonyl (C=O) groups is 1. The third-order valence-corrected chi connectivity index (χ3v) is 3.45. The number of aryl methyl sites for hydroxylation is 1. The van der Waals surface area contributed by atoms with Crippen molar-refractivity contribution in [2.24, 2.45) is 0 Å². The minimum atomic E-state index is -0.387. The zero-order chi connectivity index (χ0) is 15.1. The van der Waals surface area contributed by atoms with Crippen LogP contribution in [0.25, 0.3) is 0 Å². The van der Waals surface area contributed by atoms with Gasteiger partial charge in [-0.1, -0.05) is 13.8 Å². The monoisotopic (exact) mass is 281 g/mol. The molecule has 0 saturated heterocycles. The first kappa shape index (κ1) is 16.7. The molecule has 1 heterocycles. The second kappa shape index (κ2) is 8.04. The van der Waals surface area contributed by atoms with Crippen molar-refractivity contribution in [3.05, 3.63) is 17.0 Å². The average Bonchev–Trinajstić information content (AvgIpc) is 2.70. The summed E-state index contributed by atoms with van der Waals surface area (Å²) in [7, 11) is 0. The van der Waals surface area contributed by atoms with Crippen LogP contribution in [0.2, 0.25) is 0 Å². The van der Waals surface area contributed by atoms with Crippen molar-refractivity contribution in [2.75, 3.05) is 13.2 Å². The molecule has 0 aromatic carbocycles. The minimum Gasteiger partial charge on any atom is -0.369 e. The highest BCUT2D eigenvalue weighted by molar-refractivity contribution is 5.80.